The van der Waals surface area contributed by atoms with E-state index in [1.54, 1.807) is 36.4 Å². The number of allylic oxidation sites excluding steroid dienone is 1. The highest BCUT2D eigenvalue weighted by Gasteiger charge is 2.17. The molecule has 6 nitrogen and oxygen atoms in total. The average molecular weight is 355 g/mol. The van der Waals surface area contributed by atoms with Gasteiger partial charge in [0.05, 0.1) is 4.90 Å². The Balaban J connectivity index is 2.03. The summed E-state index contributed by atoms with van der Waals surface area (Å²) in [5.74, 6) is -0.771. The third-order valence-electron chi connectivity index (χ3n) is 4.03. The predicted molar refractivity (Wildman–Crippen MR) is 97.0 cm³/mol. The molecule has 4 N–H and O–H groups in total. The maximum absolute atomic E-state index is 12.1. The van der Waals surface area contributed by atoms with E-state index in [4.69, 9.17) is 11.5 Å². The van der Waals surface area contributed by atoms with Gasteiger partial charge >= 0.3 is 0 Å². The summed E-state index contributed by atoms with van der Waals surface area (Å²) in [5, 5.41) is 0. The van der Waals surface area contributed by atoms with Gasteiger partial charge in [0, 0.05) is 5.56 Å². The van der Waals surface area contributed by atoms with Crippen LogP contribution in [0.15, 0.2) is 58.4 Å². The van der Waals surface area contributed by atoms with E-state index in [1.165, 1.54) is 0 Å². The third-order valence-corrected chi connectivity index (χ3v) is 4.75. The van der Waals surface area contributed by atoms with Crippen LogP contribution in [0, 0.1) is 0 Å². The quantitative estimate of drug-likeness (QED) is 0.438. The molecule has 128 valence electrons. The van der Waals surface area contributed by atoms with Crippen LogP contribution >= 0.6 is 0 Å². The standard InChI is InChI=1S/C18H17N3O3S/c19-18(20)21-17(22)13-5-4-11-2-1-3-15(16(11)10-13)12-6-8-14(9-7-12)25(23)24/h3-10,25H,1-2H2,(H4,19,20,21,22). The zero-order valence-electron chi connectivity index (χ0n) is 13.3. The molecule has 7 heteroatoms. The number of thiol groups is 1. The van der Waals surface area contributed by atoms with Gasteiger partial charge in [-0.15, -0.1) is 0 Å². The van der Waals surface area contributed by atoms with Gasteiger partial charge in [0.25, 0.3) is 5.91 Å². The summed E-state index contributed by atoms with van der Waals surface area (Å²) in [6, 6.07) is 12.1. The smallest absolute Gasteiger partial charge is 0.280 e. The van der Waals surface area contributed by atoms with E-state index in [-0.39, 0.29) is 10.9 Å². The number of fused-ring (bicyclic) bond motifs is 1. The number of nitrogens with two attached hydrogens (primary N) is 2. The Morgan fingerprint density at radius 3 is 2.40 bits per heavy atom. The molecule has 0 unspecified atom stereocenters. The first-order chi connectivity index (χ1) is 12.0. The Morgan fingerprint density at radius 2 is 1.76 bits per heavy atom. The van der Waals surface area contributed by atoms with Crippen LogP contribution in [0.5, 0.6) is 0 Å². The fourth-order valence-corrected chi connectivity index (χ4v) is 3.27. The van der Waals surface area contributed by atoms with Crippen LogP contribution in [0.2, 0.25) is 0 Å². The average Bonchev–Trinajstić information content (AvgIpc) is 2.60. The predicted octanol–water partition coefficient (Wildman–Crippen LogP) is 1.45. The number of benzene rings is 2. The lowest BCUT2D eigenvalue weighted by Crippen LogP contribution is -2.24. The molecule has 2 aromatic rings. The van der Waals surface area contributed by atoms with Gasteiger partial charge in [0.1, 0.15) is 0 Å². The van der Waals surface area contributed by atoms with Gasteiger partial charge in [-0.3, -0.25) is 4.79 Å². The van der Waals surface area contributed by atoms with E-state index >= 15 is 0 Å². The van der Waals surface area contributed by atoms with Crippen molar-refractivity contribution >= 4 is 28.1 Å². The molecule has 0 radical (unpaired) electrons. The molecule has 0 heterocycles. The first-order valence-corrected chi connectivity index (χ1v) is 8.85. The number of guanidine groups is 1. The first kappa shape index (κ1) is 16.9. The second-order valence-electron chi connectivity index (χ2n) is 5.67. The monoisotopic (exact) mass is 355 g/mol. The molecule has 0 bridgehead atoms. The summed E-state index contributed by atoms with van der Waals surface area (Å²) in [4.78, 5) is 15.9. The van der Waals surface area contributed by atoms with Crippen molar-refractivity contribution in [2.45, 2.75) is 17.7 Å². The fourth-order valence-electron chi connectivity index (χ4n) is 2.88. The van der Waals surface area contributed by atoms with Crippen molar-refractivity contribution in [3.63, 3.8) is 0 Å². The van der Waals surface area contributed by atoms with Gasteiger partial charge in [-0.2, -0.15) is 4.99 Å². The second kappa shape index (κ2) is 6.90. The van der Waals surface area contributed by atoms with Crippen molar-refractivity contribution in [3.8, 4) is 0 Å². The molecular formula is C18H17N3O3S. The number of rotatable bonds is 3. The highest BCUT2D eigenvalue weighted by molar-refractivity contribution is 7.72. The minimum atomic E-state index is -2.60. The van der Waals surface area contributed by atoms with Crippen LogP contribution in [-0.2, 0) is 17.1 Å². The fraction of sp³-hybridized carbons (Fsp3) is 0.111. The summed E-state index contributed by atoms with van der Waals surface area (Å²) in [6.45, 7) is 0. The molecule has 25 heavy (non-hydrogen) atoms. The number of hydrogen-bond acceptors (Lipinski definition) is 3. The van der Waals surface area contributed by atoms with Crippen molar-refractivity contribution in [1.29, 1.82) is 0 Å². The van der Waals surface area contributed by atoms with Crippen molar-refractivity contribution in [2.75, 3.05) is 0 Å². The number of carbonyl (C=O) groups is 1. The van der Waals surface area contributed by atoms with E-state index in [1.807, 2.05) is 6.07 Å². The summed E-state index contributed by atoms with van der Waals surface area (Å²) in [7, 11) is -2.60. The molecule has 0 saturated heterocycles. The first-order valence-electron chi connectivity index (χ1n) is 7.68. The summed E-state index contributed by atoms with van der Waals surface area (Å²) in [6.07, 6.45) is 3.84. The molecule has 1 aliphatic carbocycles. The van der Waals surface area contributed by atoms with Gasteiger partial charge < -0.3 is 11.5 Å². The lowest BCUT2D eigenvalue weighted by molar-refractivity contribution is 0.100. The molecule has 0 aromatic heterocycles. The minimum absolute atomic E-state index is 0.270. The Kier molecular flexibility index (Phi) is 4.67. The zero-order valence-corrected chi connectivity index (χ0v) is 14.2. The lowest BCUT2D eigenvalue weighted by atomic mass is 9.86. The normalized spacial score (nSPS) is 13.1. The maximum atomic E-state index is 12.1. The Bertz CT molecular complexity index is 962. The van der Waals surface area contributed by atoms with Gasteiger partial charge in [-0.05, 0) is 59.4 Å². The van der Waals surface area contributed by atoms with Crippen molar-refractivity contribution in [1.82, 2.24) is 0 Å². The summed E-state index contributed by atoms with van der Waals surface area (Å²) >= 11 is 0. The minimum Gasteiger partial charge on any atom is -0.370 e. The van der Waals surface area contributed by atoms with E-state index in [0.717, 1.165) is 35.1 Å². The van der Waals surface area contributed by atoms with Crippen LogP contribution < -0.4 is 11.5 Å². The number of amides is 1. The molecule has 1 amide bonds. The Morgan fingerprint density at radius 1 is 1.04 bits per heavy atom. The largest absolute Gasteiger partial charge is 0.370 e. The van der Waals surface area contributed by atoms with Crippen molar-refractivity contribution in [2.24, 2.45) is 16.5 Å². The van der Waals surface area contributed by atoms with E-state index in [0.29, 0.717) is 5.56 Å². The molecule has 0 fully saturated rings. The maximum Gasteiger partial charge on any atom is 0.280 e. The molecular weight excluding hydrogens is 338 g/mol. The molecule has 2 aromatic carbocycles. The molecule has 1 aliphatic rings. The summed E-state index contributed by atoms with van der Waals surface area (Å²) in [5.41, 5.74) is 14.9. The number of aryl methyl sites for hydroxylation is 1. The Hall–Kier alpha value is -2.93. The van der Waals surface area contributed by atoms with E-state index < -0.39 is 16.6 Å². The van der Waals surface area contributed by atoms with E-state index in [9.17, 15) is 13.2 Å². The van der Waals surface area contributed by atoms with Gasteiger partial charge in [-0.1, -0.05) is 24.3 Å². The number of carbonyl (C=O) groups excluding carboxylic acids is 1. The summed E-state index contributed by atoms with van der Waals surface area (Å²) < 4.78 is 22.1. The zero-order chi connectivity index (χ0) is 18.0. The highest BCUT2D eigenvalue weighted by atomic mass is 32.2. The van der Waals surface area contributed by atoms with Crippen molar-refractivity contribution < 1.29 is 13.2 Å². The third kappa shape index (κ3) is 3.61. The van der Waals surface area contributed by atoms with Crippen molar-refractivity contribution in [3.05, 3.63) is 70.8 Å². The molecule has 0 aliphatic heterocycles. The number of nitrogens with zero attached hydrogens (tertiary/aromatic N) is 1. The second-order valence-corrected chi connectivity index (χ2v) is 6.70. The van der Waals surface area contributed by atoms with E-state index in [2.05, 4.69) is 11.1 Å². The highest BCUT2D eigenvalue weighted by Crippen LogP contribution is 2.32. The lowest BCUT2D eigenvalue weighted by Gasteiger charge is -2.19. The van der Waals surface area contributed by atoms with Gasteiger partial charge in [-0.25, -0.2) is 8.42 Å². The Labute approximate surface area is 146 Å². The number of hydrogen-bond donors (Lipinski definition) is 3. The van der Waals surface area contributed by atoms with Crippen LogP contribution in [0.1, 0.15) is 33.5 Å². The molecule has 0 atom stereocenters. The topological polar surface area (TPSA) is 116 Å². The molecule has 0 saturated carbocycles. The van der Waals surface area contributed by atoms with Crippen LogP contribution in [0.25, 0.3) is 5.57 Å². The SMILES string of the molecule is NC(N)=NC(=O)c1ccc2c(c1)C(c1ccc([SH](=O)=O)cc1)=CCC2. The molecule has 0 spiro atoms. The van der Waals surface area contributed by atoms with Crippen LogP contribution in [0.3, 0.4) is 0 Å². The van der Waals surface area contributed by atoms with Crippen LogP contribution in [-0.4, -0.2) is 20.3 Å². The molecule has 3 rings (SSSR count). The van der Waals surface area contributed by atoms with Crippen LogP contribution in [0.4, 0.5) is 0 Å². The number of aliphatic imine (C=N–C) groups is 1. The van der Waals surface area contributed by atoms with Gasteiger partial charge in [0.2, 0.25) is 0 Å². The van der Waals surface area contributed by atoms with Gasteiger partial charge in [0.15, 0.2) is 16.7 Å².